The zero-order chi connectivity index (χ0) is 13.7. The fraction of sp³-hybridized carbons (Fsp3) is 0.333. The van der Waals surface area contributed by atoms with E-state index in [0.717, 1.165) is 41.5 Å². The van der Waals surface area contributed by atoms with Crippen LogP contribution in [0, 0.1) is 0 Å². The molecule has 4 heteroatoms. The van der Waals surface area contributed by atoms with E-state index in [2.05, 4.69) is 29.1 Å². The Morgan fingerprint density at radius 2 is 1.84 bits per heavy atom. The van der Waals surface area contributed by atoms with E-state index in [-0.39, 0.29) is 0 Å². The predicted octanol–water partition coefficient (Wildman–Crippen LogP) is 4.18. The second kappa shape index (κ2) is 6.53. The molecule has 0 unspecified atom stereocenters. The van der Waals surface area contributed by atoms with Gasteiger partial charge in [-0.15, -0.1) is 0 Å². The lowest BCUT2D eigenvalue weighted by molar-refractivity contribution is 0.902. The van der Waals surface area contributed by atoms with E-state index < -0.39 is 0 Å². The molecule has 0 radical (unpaired) electrons. The third kappa shape index (κ3) is 3.24. The molecule has 0 aliphatic carbocycles. The van der Waals surface area contributed by atoms with E-state index in [0.29, 0.717) is 0 Å². The smallest absolute Gasteiger partial charge is 0.133 e. The van der Waals surface area contributed by atoms with Gasteiger partial charge in [-0.3, -0.25) is 0 Å². The summed E-state index contributed by atoms with van der Waals surface area (Å²) in [7, 11) is 0. The molecule has 1 aromatic carbocycles. The molecule has 0 saturated carbocycles. The number of hydrogen-bond acceptors (Lipinski definition) is 3. The van der Waals surface area contributed by atoms with Gasteiger partial charge in [0, 0.05) is 22.7 Å². The molecule has 3 nitrogen and oxygen atoms in total. The molecule has 0 bridgehead atoms. The van der Waals surface area contributed by atoms with Gasteiger partial charge in [0.15, 0.2) is 0 Å². The molecule has 1 heterocycles. The number of rotatable bonds is 5. The zero-order valence-electron chi connectivity index (χ0n) is 11.3. The maximum absolute atomic E-state index is 5.94. The number of benzene rings is 1. The summed E-state index contributed by atoms with van der Waals surface area (Å²) in [5.41, 5.74) is 3.24. The van der Waals surface area contributed by atoms with Crippen molar-refractivity contribution in [3.63, 3.8) is 0 Å². The van der Waals surface area contributed by atoms with Crippen molar-refractivity contribution in [3.8, 4) is 11.3 Å². The second-order valence-corrected chi connectivity index (χ2v) is 4.77. The van der Waals surface area contributed by atoms with Crippen molar-refractivity contribution >= 4 is 17.4 Å². The molecular weight excluding hydrogens is 258 g/mol. The van der Waals surface area contributed by atoms with Crippen LogP contribution in [-0.4, -0.2) is 16.5 Å². The normalized spacial score (nSPS) is 10.5. The van der Waals surface area contributed by atoms with Crippen LogP contribution in [0.2, 0.25) is 5.02 Å². The van der Waals surface area contributed by atoms with Gasteiger partial charge in [-0.25, -0.2) is 9.97 Å². The van der Waals surface area contributed by atoms with Crippen molar-refractivity contribution in [1.29, 1.82) is 0 Å². The number of hydrogen-bond donors (Lipinski definition) is 1. The Bertz CT molecular complexity index is 538. The molecule has 0 aliphatic rings. The Morgan fingerprint density at radius 3 is 2.47 bits per heavy atom. The summed E-state index contributed by atoms with van der Waals surface area (Å²) in [5, 5.41) is 4.04. The summed E-state index contributed by atoms with van der Waals surface area (Å²) < 4.78 is 0. The van der Waals surface area contributed by atoms with Crippen molar-refractivity contribution in [2.75, 3.05) is 11.9 Å². The highest BCUT2D eigenvalue weighted by Gasteiger charge is 2.11. The van der Waals surface area contributed by atoms with Gasteiger partial charge in [-0.1, -0.05) is 37.1 Å². The van der Waals surface area contributed by atoms with Crippen molar-refractivity contribution in [3.05, 3.63) is 41.2 Å². The van der Waals surface area contributed by atoms with Gasteiger partial charge < -0.3 is 5.32 Å². The molecule has 0 amide bonds. The first kappa shape index (κ1) is 13.8. The van der Waals surface area contributed by atoms with Gasteiger partial charge >= 0.3 is 0 Å². The van der Waals surface area contributed by atoms with Gasteiger partial charge in [0.05, 0.1) is 5.69 Å². The van der Waals surface area contributed by atoms with E-state index in [9.17, 15) is 0 Å². The van der Waals surface area contributed by atoms with Crippen LogP contribution < -0.4 is 5.32 Å². The van der Waals surface area contributed by atoms with Gasteiger partial charge in [-0.2, -0.15) is 0 Å². The highest BCUT2D eigenvalue weighted by molar-refractivity contribution is 6.30. The largest absolute Gasteiger partial charge is 0.370 e. The summed E-state index contributed by atoms with van der Waals surface area (Å²) in [6.07, 6.45) is 3.63. The number of nitrogens with one attached hydrogen (secondary N) is 1. The Labute approximate surface area is 119 Å². The molecule has 1 N–H and O–H groups in total. The second-order valence-electron chi connectivity index (χ2n) is 4.34. The number of halogens is 1. The minimum Gasteiger partial charge on any atom is -0.370 e. The fourth-order valence-electron chi connectivity index (χ4n) is 2.08. The molecule has 19 heavy (non-hydrogen) atoms. The first-order chi connectivity index (χ1) is 9.26. The van der Waals surface area contributed by atoms with E-state index >= 15 is 0 Å². The van der Waals surface area contributed by atoms with E-state index in [4.69, 9.17) is 11.6 Å². The first-order valence-electron chi connectivity index (χ1n) is 6.60. The lowest BCUT2D eigenvalue weighted by Crippen LogP contribution is -2.06. The van der Waals surface area contributed by atoms with Crippen LogP contribution in [-0.2, 0) is 6.42 Å². The Hall–Kier alpha value is -1.61. The molecule has 0 aliphatic heterocycles. The van der Waals surface area contributed by atoms with E-state index in [1.165, 1.54) is 5.56 Å². The monoisotopic (exact) mass is 275 g/mol. The van der Waals surface area contributed by atoms with Crippen LogP contribution in [0.1, 0.15) is 25.8 Å². The quantitative estimate of drug-likeness (QED) is 0.889. The van der Waals surface area contributed by atoms with Crippen LogP contribution in [0.3, 0.4) is 0 Å². The van der Waals surface area contributed by atoms with Crippen LogP contribution >= 0.6 is 11.6 Å². The Kier molecular flexibility index (Phi) is 4.74. The average Bonchev–Trinajstić information content (AvgIpc) is 2.42. The van der Waals surface area contributed by atoms with Gasteiger partial charge in [-0.05, 0) is 25.5 Å². The van der Waals surface area contributed by atoms with E-state index in [1.54, 1.807) is 6.33 Å². The number of anilines is 1. The SMILES string of the molecule is CCCc1c(NCC)ncnc1-c1ccc(Cl)cc1. The lowest BCUT2D eigenvalue weighted by atomic mass is 10.0. The standard InChI is InChI=1S/C15H18ClN3/c1-3-5-13-14(11-6-8-12(16)9-7-11)18-10-19-15(13)17-4-2/h6-10H,3-5H2,1-2H3,(H,17,18,19). The first-order valence-corrected chi connectivity index (χ1v) is 6.97. The summed E-state index contributed by atoms with van der Waals surface area (Å²) in [6.45, 7) is 5.09. The number of aromatic nitrogens is 2. The molecular formula is C15H18ClN3. The van der Waals surface area contributed by atoms with Crippen molar-refractivity contribution in [1.82, 2.24) is 9.97 Å². The van der Waals surface area contributed by atoms with Gasteiger partial charge in [0.2, 0.25) is 0 Å². The third-order valence-corrected chi connectivity index (χ3v) is 3.16. The predicted molar refractivity (Wildman–Crippen MR) is 80.6 cm³/mol. The van der Waals surface area contributed by atoms with E-state index in [1.807, 2.05) is 24.3 Å². The molecule has 0 atom stereocenters. The van der Waals surface area contributed by atoms with Gasteiger partial charge in [0.1, 0.15) is 12.1 Å². The molecule has 1 aromatic heterocycles. The van der Waals surface area contributed by atoms with Crippen molar-refractivity contribution < 1.29 is 0 Å². The highest BCUT2D eigenvalue weighted by atomic mass is 35.5. The van der Waals surface area contributed by atoms with Crippen molar-refractivity contribution in [2.45, 2.75) is 26.7 Å². The average molecular weight is 276 g/mol. The molecule has 0 spiro atoms. The van der Waals surface area contributed by atoms with Crippen molar-refractivity contribution in [2.24, 2.45) is 0 Å². The van der Waals surface area contributed by atoms with Crippen LogP contribution in [0.4, 0.5) is 5.82 Å². The highest BCUT2D eigenvalue weighted by Crippen LogP contribution is 2.27. The topological polar surface area (TPSA) is 37.8 Å². The van der Waals surface area contributed by atoms with Gasteiger partial charge in [0.25, 0.3) is 0 Å². The molecule has 2 rings (SSSR count). The summed E-state index contributed by atoms with van der Waals surface area (Å²) in [5.74, 6) is 0.935. The Morgan fingerprint density at radius 1 is 1.11 bits per heavy atom. The summed E-state index contributed by atoms with van der Waals surface area (Å²) >= 11 is 5.94. The molecule has 0 fully saturated rings. The molecule has 0 saturated heterocycles. The minimum atomic E-state index is 0.738. The lowest BCUT2D eigenvalue weighted by Gasteiger charge is -2.13. The Balaban J connectivity index is 2.48. The number of nitrogens with zero attached hydrogens (tertiary/aromatic N) is 2. The van der Waals surface area contributed by atoms with Crippen LogP contribution in [0.25, 0.3) is 11.3 Å². The fourth-order valence-corrected chi connectivity index (χ4v) is 2.20. The summed E-state index contributed by atoms with van der Waals surface area (Å²) in [6, 6.07) is 7.78. The maximum atomic E-state index is 5.94. The van der Waals surface area contributed by atoms with Crippen LogP contribution in [0.15, 0.2) is 30.6 Å². The van der Waals surface area contributed by atoms with Crippen LogP contribution in [0.5, 0.6) is 0 Å². The minimum absolute atomic E-state index is 0.738. The molecule has 100 valence electrons. The summed E-state index contributed by atoms with van der Waals surface area (Å²) in [4.78, 5) is 8.79. The molecule has 2 aromatic rings. The maximum Gasteiger partial charge on any atom is 0.133 e. The zero-order valence-corrected chi connectivity index (χ0v) is 12.0. The third-order valence-electron chi connectivity index (χ3n) is 2.91.